The Kier molecular flexibility index (Phi) is 7.88. The first-order valence-corrected chi connectivity index (χ1v) is 13.1. The average molecular weight is 570 g/mol. The number of rotatable bonds is 10. The number of Topliss-reactive ketones (excluding diaryl/α,β-unsaturated/α-hetero) is 2. The van der Waals surface area contributed by atoms with E-state index >= 15 is 4.39 Å². The molecule has 2 heterocycles. The zero-order chi connectivity index (χ0) is 30.0. The number of ketones is 2. The molecule has 10 heteroatoms. The first-order chi connectivity index (χ1) is 20.2. The van der Waals surface area contributed by atoms with Gasteiger partial charge < -0.3 is 14.2 Å². The number of ether oxygens (including phenoxy) is 3. The summed E-state index contributed by atoms with van der Waals surface area (Å²) in [5.74, 6) is -0.0736. The Morgan fingerprint density at radius 1 is 0.905 bits per heavy atom. The van der Waals surface area contributed by atoms with Gasteiger partial charge in [0, 0.05) is 29.8 Å². The lowest BCUT2D eigenvalue weighted by Gasteiger charge is -2.13. The Morgan fingerprint density at radius 3 is 2.29 bits per heavy atom. The van der Waals surface area contributed by atoms with Crippen LogP contribution >= 0.6 is 0 Å². The van der Waals surface area contributed by atoms with Gasteiger partial charge in [0.25, 0.3) is 5.56 Å². The summed E-state index contributed by atoms with van der Waals surface area (Å²) in [6, 6.07) is 18.0. The third-order valence-electron chi connectivity index (χ3n) is 6.84. The van der Waals surface area contributed by atoms with Crippen LogP contribution in [0.2, 0.25) is 0 Å². The fraction of sp³-hybridized carbons (Fsp3) is 0.188. The molecule has 9 nitrogen and oxygen atoms in total. The summed E-state index contributed by atoms with van der Waals surface area (Å²) in [7, 11) is 3.03. The second-order valence-corrected chi connectivity index (χ2v) is 9.67. The van der Waals surface area contributed by atoms with Crippen LogP contribution in [0, 0.1) is 12.7 Å². The predicted molar refractivity (Wildman–Crippen MR) is 155 cm³/mol. The number of methoxy groups -OCH3 is 2. The van der Waals surface area contributed by atoms with Crippen molar-refractivity contribution < 1.29 is 28.2 Å². The van der Waals surface area contributed by atoms with Crippen molar-refractivity contribution in [2.45, 2.75) is 26.8 Å². The summed E-state index contributed by atoms with van der Waals surface area (Å²) in [5.41, 5.74) is 1.23. The average Bonchev–Trinajstić information content (AvgIpc) is 3.22. The highest BCUT2D eigenvalue weighted by molar-refractivity contribution is 5.98. The van der Waals surface area contributed by atoms with Crippen molar-refractivity contribution in [3.63, 3.8) is 0 Å². The van der Waals surface area contributed by atoms with E-state index in [0.29, 0.717) is 45.1 Å². The van der Waals surface area contributed by atoms with Crippen molar-refractivity contribution in [2.24, 2.45) is 0 Å². The van der Waals surface area contributed by atoms with Gasteiger partial charge >= 0.3 is 0 Å². The van der Waals surface area contributed by atoms with E-state index in [4.69, 9.17) is 14.2 Å². The zero-order valence-electron chi connectivity index (χ0n) is 23.5. The normalized spacial score (nSPS) is 11.0. The van der Waals surface area contributed by atoms with Crippen LogP contribution in [-0.2, 0) is 17.8 Å². The van der Waals surface area contributed by atoms with E-state index in [1.54, 1.807) is 61.5 Å². The third-order valence-corrected chi connectivity index (χ3v) is 6.84. The number of nitrogens with zero attached hydrogens (tertiary/aromatic N) is 3. The monoisotopic (exact) mass is 569 g/mol. The number of para-hydroxylation sites is 1. The molecule has 0 atom stereocenters. The minimum absolute atomic E-state index is 0.0477. The Hall–Kier alpha value is -5.25. The summed E-state index contributed by atoms with van der Waals surface area (Å²) >= 11 is 0. The van der Waals surface area contributed by atoms with Crippen molar-refractivity contribution in [3.05, 3.63) is 106 Å². The van der Waals surface area contributed by atoms with Crippen LogP contribution in [0.25, 0.3) is 16.6 Å². The highest BCUT2D eigenvalue weighted by atomic mass is 19.1. The van der Waals surface area contributed by atoms with E-state index in [2.05, 4.69) is 4.98 Å². The first-order valence-electron chi connectivity index (χ1n) is 13.1. The highest BCUT2D eigenvalue weighted by Gasteiger charge is 2.24. The molecule has 0 spiro atoms. The molecule has 5 aromatic rings. The molecule has 2 aromatic heterocycles. The lowest BCUT2D eigenvalue weighted by atomic mass is 10.0. The largest absolute Gasteiger partial charge is 0.493 e. The lowest BCUT2D eigenvalue weighted by Crippen LogP contribution is -2.25. The van der Waals surface area contributed by atoms with E-state index in [1.807, 2.05) is 0 Å². The molecule has 0 bridgehead atoms. The van der Waals surface area contributed by atoms with Gasteiger partial charge in [-0.1, -0.05) is 24.3 Å². The molecule has 214 valence electrons. The molecule has 0 aliphatic rings. The van der Waals surface area contributed by atoms with Gasteiger partial charge in [0.05, 0.1) is 32.0 Å². The molecule has 0 radical (unpaired) electrons. The number of benzene rings is 3. The van der Waals surface area contributed by atoms with Gasteiger partial charge in [-0.2, -0.15) is 0 Å². The van der Waals surface area contributed by atoms with E-state index in [-0.39, 0.29) is 30.1 Å². The maximum atomic E-state index is 15.2. The SMILES string of the molecule is COc1cc2nccc(Oc3ccc(CC(=O)c4c(C)n(CC(C)=O)n(-c5ccccc5)c4=O)cc3F)c2cc1OC. The quantitative estimate of drug-likeness (QED) is 0.206. The summed E-state index contributed by atoms with van der Waals surface area (Å²) in [6.45, 7) is 2.96. The molecule has 0 aliphatic carbocycles. The molecule has 0 aliphatic heterocycles. The van der Waals surface area contributed by atoms with Gasteiger partial charge in [-0.15, -0.1) is 0 Å². The molecule has 3 aromatic carbocycles. The molecular formula is C32H28FN3O6. The van der Waals surface area contributed by atoms with E-state index in [9.17, 15) is 14.4 Å². The van der Waals surface area contributed by atoms with Crippen molar-refractivity contribution in [3.8, 4) is 28.7 Å². The Balaban J connectivity index is 1.43. The first kappa shape index (κ1) is 28.3. The molecule has 5 rings (SSSR count). The van der Waals surface area contributed by atoms with E-state index in [1.165, 1.54) is 48.8 Å². The molecular weight excluding hydrogens is 541 g/mol. The Bertz CT molecular complexity index is 1880. The van der Waals surface area contributed by atoms with Gasteiger partial charge in [-0.3, -0.25) is 24.0 Å². The fourth-order valence-electron chi connectivity index (χ4n) is 4.86. The molecule has 0 saturated carbocycles. The van der Waals surface area contributed by atoms with Gasteiger partial charge in [0.15, 0.2) is 34.6 Å². The number of aromatic nitrogens is 3. The number of hydrogen-bond acceptors (Lipinski definition) is 7. The van der Waals surface area contributed by atoms with Crippen molar-refractivity contribution in [1.29, 1.82) is 0 Å². The van der Waals surface area contributed by atoms with Crippen LogP contribution < -0.4 is 19.8 Å². The number of carbonyl (C=O) groups excluding carboxylic acids is 2. The maximum absolute atomic E-state index is 15.2. The standard InChI is InChI=1S/C32H28FN3O6/c1-19(37)18-35-20(2)31(32(39)36(35)22-8-6-5-7-9-22)26(38)15-21-10-11-28(24(33)14-21)42-27-12-13-34-25-17-30(41-4)29(40-3)16-23(25)27/h5-14,16-17H,15,18H2,1-4H3. The number of fused-ring (bicyclic) bond motifs is 1. The Morgan fingerprint density at radius 2 is 1.62 bits per heavy atom. The minimum Gasteiger partial charge on any atom is -0.493 e. The van der Waals surface area contributed by atoms with Gasteiger partial charge in [-0.25, -0.2) is 9.07 Å². The summed E-state index contributed by atoms with van der Waals surface area (Å²) in [5, 5.41) is 0.592. The van der Waals surface area contributed by atoms with Crippen LogP contribution in [0.15, 0.2) is 77.7 Å². The molecule has 0 unspecified atom stereocenters. The number of pyridine rings is 1. The molecule has 0 amide bonds. The fourth-order valence-corrected chi connectivity index (χ4v) is 4.86. The van der Waals surface area contributed by atoms with Crippen LogP contribution in [0.5, 0.6) is 23.0 Å². The van der Waals surface area contributed by atoms with Gasteiger partial charge in [0.2, 0.25) is 0 Å². The Labute approximate surface area is 240 Å². The van der Waals surface area contributed by atoms with Crippen molar-refractivity contribution >= 4 is 22.5 Å². The molecule has 42 heavy (non-hydrogen) atoms. The van der Waals surface area contributed by atoms with Gasteiger partial charge in [-0.05, 0) is 55.8 Å². The van der Waals surface area contributed by atoms with Crippen LogP contribution in [0.4, 0.5) is 4.39 Å². The predicted octanol–water partition coefficient (Wildman–Crippen LogP) is 5.46. The van der Waals surface area contributed by atoms with Crippen LogP contribution in [0.1, 0.15) is 28.5 Å². The highest BCUT2D eigenvalue weighted by Crippen LogP contribution is 2.37. The summed E-state index contributed by atoms with van der Waals surface area (Å²) in [4.78, 5) is 43.1. The lowest BCUT2D eigenvalue weighted by molar-refractivity contribution is -0.117. The molecule has 0 fully saturated rings. The topological polar surface area (TPSA) is 102 Å². The summed E-state index contributed by atoms with van der Waals surface area (Å²) < 4.78 is 34.7. The van der Waals surface area contributed by atoms with Crippen LogP contribution in [-0.4, -0.2) is 40.1 Å². The second-order valence-electron chi connectivity index (χ2n) is 9.67. The number of hydrogen-bond donors (Lipinski definition) is 0. The minimum atomic E-state index is -0.682. The molecule has 0 N–H and O–H groups in total. The second kappa shape index (κ2) is 11.7. The van der Waals surface area contributed by atoms with Crippen molar-refractivity contribution in [1.82, 2.24) is 14.3 Å². The maximum Gasteiger partial charge on any atom is 0.282 e. The van der Waals surface area contributed by atoms with Gasteiger partial charge in [0.1, 0.15) is 11.3 Å². The summed E-state index contributed by atoms with van der Waals surface area (Å²) in [6.07, 6.45) is 1.32. The van der Waals surface area contributed by atoms with E-state index in [0.717, 1.165) is 0 Å². The van der Waals surface area contributed by atoms with Crippen LogP contribution in [0.3, 0.4) is 0 Å². The smallest absolute Gasteiger partial charge is 0.282 e. The zero-order valence-corrected chi connectivity index (χ0v) is 23.5. The number of carbonyl (C=O) groups is 2. The third kappa shape index (κ3) is 5.38. The van der Waals surface area contributed by atoms with Crippen molar-refractivity contribution in [2.75, 3.05) is 14.2 Å². The molecule has 0 saturated heterocycles. The number of halogens is 1. The van der Waals surface area contributed by atoms with E-state index < -0.39 is 17.2 Å².